The Bertz CT molecular complexity index is 653. The molecule has 1 aromatic heterocycles. The van der Waals surface area contributed by atoms with Crippen LogP contribution in [0.15, 0.2) is 42.6 Å². The summed E-state index contributed by atoms with van der Waals surface area (Å²) in [6, 6.07) is 9.70. The molecular weight excluding hydrogens is 272 g/mol. The van der Waals surface area contributed by atoms with Crippen molar-refractivity contribution in [3.63, 3.8) is 0 Å². The van der Waals surface area contributed by atoms with Gasteiger partial charge in [-0.05, 0) is 36.4 Å². The maximum Gasteiger partial charge on any atom is 0.346 e. The molecule has 2 aromatic rings. The highest BCUT2D eigenvalue weighted by Gasteiger charge is 2.17. The van der Waals surface area contributed by atoms with Gasteiger partial charge in [-0.2, -0.15) is 0 Å². The van der Waals surface area contributed by atoms with Crippen LogP contribution in [0.3, 0.4) is 0 Å². The van der Waals surface area contributed by atoms with Crippen molar-refractivity contribution in [3.8, 4) is 5.75 Å². The highest BCUT2D eigenvalue weighted by atomic mass is 16.5. The van der Waals surface area contributed by atoms with E-state index in [4.69, 9.17) is 15.2 Å². The Morgan fingerprint density at radius 2 is 1.90 bits per heavy atom. The molecule has 0 radical (unpaired) electrons. The first-order chi connectivity index (χ1) is 10.1. The van der Waals surface area contributed by atoms with E-state index in [0.29, 0.717) is 11.3 Å². The van der Waals surface area contributed by atoms with Gasteiger partial charge in [-0.1, -0.05) is 0 Å². The Balaban J connectivity index is 1.97. The lowest BCUT2D eigenvalue weighted by molar-refractivity contribution is -0.360. The van der Waals surface area contributed by atoms with Gasteiger partial charge in [0.1, 0.15) is 11.3 Å². The molecule has 0 saturated heterocycles. The fourth-order valence-electron chi connectivity index (χ4n) is 1.70. The SMILES string of the molecule is COc1ccc(C(=O)COC(=O)c2ccc[nH+]c2N)cc1. The van der Waals surface area contributed by atoms with Gasteiger partial charge in [-0.25, -0.2) is 9.78 Å². The molecule has 0 fully saturated rings. The maximum absolute atomic E-state index is 11.9. The number of Topliss-reactive ketones (excluding diaryl/α,β-unsaturated/α-hetero) is 1. The zero-order chi connectivity index (χ0) is 15.2. The zero-order valence-corrected chi connectivity index (χ0v) is 11.5. The molecule has 21 heavy (non-hydrogen) atoms. The van der Waals surface area contributed by atoms with E-state index >= 15 is 0 Å². The minimum Gasteiger partial charge on any atom is -0.497 e. The number of ketones is 1. The van der Waals surface area contributed by atoms with Crippen LogP contribution in [0.1, 0.15) is 20.7 Å². The summed E-state index contributed by atoms with van der Waals surface area (Å²) in [5, 5.41) is 0. The van der Waals surface area contributed by atoms with E-state index in [2.05, 4.69) is 4.98 Å². The average Bonchev–Trinajstić information content (AvgIpc) is 2.52. The molecule has 6 nitrogen and oxygen atoms in total. The lowest BCUT2D eigenvalue weighted by Crippen LogP contribution is -2.19. The van der Waals surface area contributed by atoms with Crippen LogP contribution in [0.25, 0.3) is 0 Å². The van der Waals surface area contributed by atoms with E-state index < -0.39 is 5.97 Å². The molecule has 0 aliphatic carbocycles. The van der Waals surface area contributed by atoms with Crippen LogP contribution in [0.4, 0.5) is 5.82 Å². The Hall–Kier alpha value is -2.89. The van der Waals surface area contributed by atoms with Crippen molar-refractivity contribution in [3.05, 3.63) is 53.7 Å². The predicted octanol–water partition coefficient (Wildman–Crippen LogP) is 1.13. The van der Waals surface area contributed by atoms with Crippen molar-refractivity contribution < 1.29 is 24.0 Å². The normalized spacial score (nSPS) is 9.95. The second kappa shape index (κ2) is 6.51. The summed E-state index contributed by atoms with van der Waals surface area (Å²) in [5.74, 6) is -0.105. The topological polar surface area (TPSA) is 92.8 Å². The lowest BCUT2D eigenvalue weighted by atomic mass is 10.1. The molecule has 1 heterocycles. The fraction of sp³-hybridized carbons (Fsp3) is 0.133. The Kier molecular flexibility index (Phi) is 4.50. The van der Waals surface area contributed by atoms with Crippen LogP contribution in [-0.2, 0) is 4.74 Å². The van der Waals surface area contributed by atoms with Gasteiger partial charge in [-0.3, -0.25) is 10.5 Å². The number of H-pyrrole nitrogens is 1. The number of hydrogen-bond acceptors (Lipinski definition) is 5. The molecule has 0 saturated carbocycles. The van der Waals surface area contributed by atoms with Gasteiger partial charge in [0, 0.05) is 5.56 Å². The van der Waals surface area contributed by atoms with E-state index in [1.165, 1.54) is 6.07 Å². The first-order valence-corrected chi connectivity index (χ1v) is 6.22. The Morgan fingerprint density at radius 3 is 2.52 bits per heavy atom. The van der Waals surface area contributed by atoms with E-state index in [-0.39, 0.29) is 23.8 Å². The standard InChI is InChI=1S/C15H14N2O4/c1-20-11-6-4-10(5-7-11)13(18)9-21-15(19)12-3-2-8-17-14(12)16/h2-8H,9H2,1H3,(H2,16,17)/p+1. The minimum atomic E-state index is -0.647. The van der Waals surface area contributed by atoms with E-state index in [1.54, 1.807) is 43.6 Å². The fourth-order valence-corrected chi connectivity index (χ4v) is 1.70. The first kappa shape index (κ1) is 14.5. The van der Waals surface area contributed by atoms with Gasteiger partial charge in [0.2, 0.25) is 0 Å². The monoisotopic (exact) mass is 287 g/mol. The molecule has 3 N–H and O–H groups in total. The third kappa shape index (κ3) is 3.56. The van der Waals surface area contributed by atoms with Crippen LogP contribution < -0.4 is 15.5 Å². The molecule has 0 bridgehead atoms. The number of nitrogens with two attached hydrogens (primary N) is 1. The number of ether oxygens (including phenoxy) is 2. The number of nitrogen functional groups attached to an aromatic ring is 1. The van der Waals surface area contributed by atoms with Crippen LogP contribution in [0.5, 0.6) is 5.75 Å². The molecule has 1 aromatic carbocycles. The van der Waals surface area contributed by atoms with Crippen LogP contribution in [0.2, 0.25) is 0 Å². The molecule has 2 rings (SSSR count). The molecular formula is C15H15N2O4+. The average molecular weight is 287 g/mol. The van der Waals surface area contributed by atoms with Crippen LogP contribution >= 0.6 is 0 Å². The molecule has 6 heteroatoms. The van der Waals surface area contributed by atoms with Gasteiger partial charge < -0.3 is 9.47 Å². The number of aromatic amines is 1. The van der Waals surface area contributed by atoms with Crippen molar-refractivity contribution >= 4 is 17.6 Å². The smallest absolute Gasteiger partial charge is 0.346 e. The molecule has 0 atom stereocenters. The number of hydrogen-bond donors (Lipinski definition) is 1. The van der Waals surface area contributed by atoms with Gasteiger partial charge in [0.15, 0.2) is 12.4 Å². The highest BCUT2D eigenvalue weighted by Crippen LogP contribution is 2.12. The minimum absolute atomic E-state index is 0.194. The second-order valence-electron chi connectivity index (χ2n) is 4.23. The van der Waals surface area contributed by atoms with Crippen LogP contribution in [-0.4, -0.2) is 25.5 Å². The van der Waals surface area contributed by atoms with Crippen LogP contribution in [0, 0.1) is 0 Å². The van der Waals surface area contributed by atoms with Crippen molar-refractivity contribution in [2.24, 2.45) is 0 Å². The first-order valence-electron chi connectivity index (χ1n) is 6.22. The summed E-state index contributed by atoms with van der Waals surface area (Å²) in [7, 11) is 1.54. The molecule has 0 aliphatic heterocycles. The summed E-state index contributed by atoms with van der Waals surface area (Å²) < 4.78 is 9.97. The number of esters is 1. The number of pyridine rings is 1. The van der Waals surface area contributed by atoms with Gasteiger partial charge >= 0.3 is 5.97 Å². The number of nitrogens with one attached hydrogen (secondary N) is 1. The zero-order valence-electron chi connectivity index (χ0n) is 11.5. The van der Waals surface area contributed by atoms with E-state index in [9.17, 15) is 9.59 Å². The number of aromatic nitrogens is 1. The summed E-state index contributed by atoms with van der Waals surface area (Å²) >= 11 is 0. The van der Waals surface area contributed by atoms with Crippen molar-refractivity contribution in [1.29, 1.82) is 0 Å². The Morgan fingerprint density at radius 1 is 1.19 bits per heavy atom. The van der Waals surface area contributed by atoms with Crippen molar-refractivity contribution in [2.75, 3.05) is 19.5 Å². The van der Waals surface area contributed by atoms with Gasteiger partial charge in [0.25, 0.3) is 5.82 Å². The number of benzene rings is 1. The summed E-state index contributed by atoms with van der Waals surface area (Å²) in [5.41, 5.74) is 6.25. The summed E-state index contributed by atoms with van der Waals surface area (Å²) in [4.78, 5) is 26.4. The predicted molar refractivity (Wildman–Crippen MR) is 75.0 cm³/mol. The maximum atomic E-state index is 11.9. The second-order valence-corrected chi connectivity index (χ2v) is 4.23. The quantitative estimate of drug-likeness (QED) is 0.657. The third-order valence-electron chi connectivity index (χ3n) is 2.85. The largest absolute Gasteiger partial charge is 0.497 e. The molecule has 0 amide bonds. The van der Waals surface area contributed by atoms with Gasteiger partial charge in [-0.15, -0.1) is 0 Å². The Labute approximate surface area is 121 Å². The van der Waals surface area contributed by atoms with Crippen molar-refractivity contribution in [2.45, 2.75) is 0 Å². The van der Waals surface area contributed by atoms with Crippen molar-refractivity contribution in [1.82, 2.24) is 0 Å². The third-order valence-corrected chi connectivity index (χ3v) is 2.85. The molecule has 0 aliphatic rings. The molecule has 0 spiro atoms. The molecule has 0 unspecified atom stereocenters. The highest BCUT2D eigenvalue weighted by molar-refractivity contribution is 6.00. The number of anilines is 1. The number of methoxy groups -OCH3 is 1. The number of carbonyl (C=O) groups excluding carboxylic acids is 2. The lowest BCUT2D eigenvalue weighted by Gasteiger charge is -2.05. The summed E-state index contributed by atoms with van der Waals surface area (Å²) in [6.07, 6.45) is 1.59. The number of carbonyl (C=O) groups is 2. The molecule has 108 valence electrons. The number of rotatable bonds is 5. The van der Waals surface area contributed by atoms with Gasteiger partial charge in [0.05, 0.1) is 13.3 Å². The van der Waals surface area contributed by atoms with E-state index in [1.807, 2.05) is 0 Å². The van der Waals surface area contributed by atoms with E-state index in [0.717, 1.165) is 0 Å². The summed E-state index contributed by atoms with van der Waals surface area (Å²) in [6.45, 7) is -0.348.